The Labute approximate surface area is 172 Å². The lowest BCUT2D eigenvalue weighted by molar-refractivity contribution is -0.142. The largest absolute Gasteiger partial charge is 0.456 e. The number of rotatable bonds is 5. The summed E-state index contributed by atoms with van der Waals surface area (Å²) >= 11 is 0. The van der Waals surface area contributed by atoms with Crippen molar-refractivity contribution in [3.05, 3.63) is 83.9 Å². The lowest BCUT2D eigenvalue weighted by Gasteiger charge is -2.05. The number of nitrogens with zero attached hydrogens (tertiary/aromatic N) is 1. The van der Waals surface area contributed by atoms with Crippen molar-refractivity contribution in [1.82, 2.24) is 0 Å². The summed E-state index contributed by atoms with van der Waals surface area (Å²) in [4.78, 5) is 24.0. The van der Waals surface area contributed by atoms with Crippen LogP contribution in [0.2, 0.25) is 0 Å². The molecule has 1 aromatic heterocycles. The van der Waals surface area contributed by atoms with E-state index in [1.165, 1.54) is 6.08 Å². The zero-order valence-electron chi connectivity index (χ0n) is 15.8. The molecule has 0 bridgehead atoms. The van der Waals surface area contributed by atoms with Gasteiger partial charge in [0.05, 0.1) is 11.6 Å². The smallest absolute Gasteiger partial charge is 0.331 e. The second kappa shape index (κ2) is 8.33. The fourth-order valence-electron chi connectivity index (χ4n) is 3.02. The van der Waals surface area contributed by atoms with Crippen LogP contribution in [0.5, 0.6) is 0 Å². The first-order valence-corrected chi connectivity index (χ1v) is 9.18. The molecule has 1 N–H and O–H groups in total. The SMILES string of the molecule is N#Cc1ccc(/C=C/C(=O)OCC(=O)Nc2ccc3oc4ccccc4c3c2)cc1. The van der Waals surface area contributed by atoms with Gasteiger partial charge in [-0.05, 0) is 48.0 Å². The van der Waals surface area contributed by atoms with E-state index in [4.69, 9.17) is 14.4 Å². The number of esters is 1. The lowest BCUT2D eigenvalue weighted by atomic mass is 10.1. The van der Waals surface area contributed by atoms with Gasteiger partial charge in [0.2, 0.25) is 0 Å². The summed E-state index contributed by atoms with van der Waals surface area (Å²) in [5, 5.41) is 13.4. The van der Waals surface area contributed by atoms with Crippen LogP contribution in [-0.4, -0.2) is 18.5 Å². The van der Waals surface area contributed by atoms with Crippen LogP contribution in [0.25, 0.3) is 28.0 Å². The molecule has 0 spiro atoms. The Morgan fingerprint density at radius 2 is 1.77 bits per heavy atom. The zero-order chi connectivity index (χ0) is 20.9. The van der Waals surface area contributed by atoms with Crippen LogP contribution in [0.3, 0.4) is 0 Å². The van der Waals surface area contributed by atoms with Gasteiger partial charge in [-0.25, -0.2) is 4.79 Å². The van der Waals surface area contributed by atoms with Gasteiger partial charge in [-0.3, -0.25) is 4.79 Å². The molecule has 0 saturated carbocycles. The molecule has 146 valence electrons. The number of nitriles is 1. The van der Waals surface area contributed by atoms with Crippen molar-refractivity contribution < 1.29 is 18.7 Å². The molecule has 6 nitrogen and oxygen atoms in total. The number of hydrogen-bond donors (Lipinski definition) is 1. The average molecular weight is 396 g/mol. The van der Waals surface area contributed by atoms with Gasteiger partial charge in [-0.1, -0.05) is 30.3 Å². The van der Waals surface area contributed by atoms with Crippen molar-refractivity contribution in [3.8, 4) is 6.07 Å². The average Bonchev–Trinajstić information content (AvgIpc) is 3.14. The first-order chi connectivity index (χ1) is 14.6. The van der Waals surface area contributed by atoms with Crippen LogP contribution in [-0.2, 0) is 14.3 Å². The number of hydrogen-bond acceptors (Lipinski definition) is 5. The number of anilines is 1. The number of nitrogens with one attached hydrogen (secondary N) is 1. The van der Waals surface area contributed by atoms with Gasteiger partial charge >= 0.3 is 5.97 Å². The van der Waals surface area contributed by atoms with Crippen molar-refractivity contribution in [1.29, 1.82) is 5.26 Å². The lowest BCUT2D eigenvalue weighted by Crippen LogP contribution is -2.20. The summed E-state index contributed by atoms with van der Waals surface area (Å²) < 4.78 is 10.7. The van der Waals surface area contributed by atoms with Gasteiger partial charge in [-0.15, -0.1) is 0 Å². The van der Waals surface area contributed by atoms with Crippen LogP contribution in [0.4, 0.5) is 5.69 Å². The minimum absolute atomic E-state index is 0.402. The molecule has 4 aromatic rings. The van der Waals surface area contributed by atoms with Crippen molar-refractivity contribution >= 4 is 45.6 Å². The van der Waals surface area contributed by atoms with E-state index in [9.17, 15) is 9.59 Å². The van der Waals surface area contributed by atoms with Crippen LogP contribution < -0.4 is 5.32 Å². The molecule has 3 aromatic carbocycles. The van der Waals surface area contributed by atoms with Gasteiger partial charge in [0.25, 0.3) is 5.91 Å². The van der Waals surface area contributed by atoms with E-state index in [0.717, 1.165) is 27.5 Å². The Morgan fingerprint density at radius 3 is 2.57 bits per heavy atom. The highest BCUT2D eigenvalue weighted by atomic mass is 16.5. The minimum Gasteiger partial charge on any atom is -0.456 e. The van der Waals surface area contributed by atoms with Crippen LogP contribution >= 0.6 is 0 Å². The molecule has 0 aliphatic heterocycles. The summed E-state index contributed by atoms with van der Waals surface area (Å²) in [5.41, 5.74) is 3.37. The molecule has 1 heterocycles. The third kappa shape index (κ3) is 4.21. The number of benzene rings is 3. The van der Waals surface area contributed by atoms with E-state index in [-0.39, 0.29) is 0 Å². The minimum atomic E-state index is -0.634. The van der Waals surface area contributed by atoms with Crippen LogP contribution in [0.1, 0.15) is 11.1 Å². The quantitative estimate of drug-likeness (QED) is 0.391. The number of carbonyl (C=O) groups excluding carboxylic acids is 2. The Morgan fingerprint density at radius 1 is 1.00 bits per heavy atom. The summed E-state index contributed by atoms with van der Waals surface area (Å²) in [6, 6.07) is 21.8. The maximum absolute atomic E-state index is 12.1. The molecule has 0 aliphatic carbocycles. The molecule has 0 atom stereocenters. The highest BCUT2D eigenvalue weighted by Crippen LogP contribution is 2.30. The number of furan rings is 1. The first-order valence-electron chi connectivity index (χ1n) is 9.18. The Hall–Kier alpha value is -4.37. The van der Waals surface area contributed by atoms with Crippen molar-refractivity contribution in [3.63, 3.8) is 0 Å². The fourth-order valence-corrected chi connectivity index (χ4v) is 3.02. The Kier molecular flexibility index (Phi) is 5.27. The Bertz CT molecular complexity index is 1310. The maximum Gasteiger partial charge on any atom is 0.331 e. The topological polar surface area (TPSA) is 92.3 Å². The molecule has 0 radical (unpaired) electrons. The Balaban J connectivity index is 1.35. The second-order valence-electron chi connectivity index (χ2n) is 6.53. The van der Waals surface area contributed by atoms with E-state index in [2.05, 4.69) is 5.32 Å². The first kappa shape index (κ1) is 19.0. The van der Waals surface area contributed by atoms with E-state index in [1.54, 1.807) is 42.5 Å². The van der Waals surface area contributed by atoms with Crippen LogP contribution in [0.15, 0.2) is 77.2 Å². The van der Waals surface area contributed by atoms with Crippen molar-refractivity contribution in [2.45, 2.75) is 0 Å². The summed E-state index contributed by atoms with van der Waals surface area (Å²) in [7, 11) is 0. The van der Waals surface area contributed by atoms with Gasteiger partial charge in [0, 0.05) is 22.5 Å². The standard InChI is InChI=1S/C24H16N2O4/c25-14-17-7-5-16(6-8-17)9-12-24(28)29-15-23(27)26-18-10-11-22-20(13-18)19-3-1-2-4-21(19)30-22/h1-13H,15H2,(H,26,27)/b12-9+. The highest BCUT2D eigenvalue weighted by Gasteiger charge is 2.10. The predicted molar refractivity (Wildman–Crippen MR) is 113 cm³/mol. The molecule has 30 heavy (non-hydrogen) atoms. The van der Waals surface area contributed by atoms with E-state index in [0.29, 0.717) is 11.3 Å². The van der Waals surface area contributed by atoms with E-state index >= 15 is 0 Å². The zero-order valence-corrected chi connectivity index (χ0v) is 15.8. The fraction of sp³-hybridized carbons (Fsp3) is 0.0417. The predicted octanol–water partition coefficient (Wildman–Crippen LogP) is 4.65. The number of para-hydroxylation sites is 1. The van der Waals surface area contributed by atoms with E-state index in [1.807, 2.05) is 36.4 Å². The highest BCUT2D eigenvalue weighted by molar-refractivity contribution is 6.07. The summed E-state index contributed by atoms with van der Waals surface area (Å²) in [6.07, 6.45) is 2.79. The normalized spacial score (nSPS) is 10.9. The number of fused-ring (bicyclic) bond motifs is 3. The number of carbonyl (C=O) groups is 2. The molecule has 6 heteroatoms. The molecular weight excluding hydrogens is 380 g/mol. The molecule has 0 saturated heterocycles. The molecular formula is C24H16N2O4. The summed E-state index contributed by atoms with van der Waals surface area (Å²) in [5.74, 6) is -1.08. The molecule has 4 rings (SSSR count). The van der Waals surface area contributed by atoms with Gasteiger partial charge in [0.15, 0.2) is 6.61 Å². The third-order valence-electron chi connectivity index (χ3n) is 4.46. The van der Waals surface area contributed by atoms with E-state index < -0.39 is 18.5 Å². The molecule has 1 amide bonds. The maximum atomic E-state index is 12.1. The van der Waals surface area contributed by atoms with Crippen molar-refractivity contribution in [2.24, 2.45) is 0 Å². The van der Waals surface area contributed by atoms with Crippen molar-refractivity contribution in [2.75, 3.05) is 11.9 Å². The molecule has 0 fully saturated rings. The molecule has 0 aliphatic rings. The number of amides is 1. The van der Waals surface area contributed by atoms with Gasteiger partial charge in [-0.2, -0.15) is 5.26 Å². The third-order valence-corrected chi connectivity index (χ3v) is 4.46. The number of ether oxygens (including phenoxy) is 1. The van der Waals surface area contributed by atoms with Crippen LogP contribution in [0, 0.1) is 11.3 Å². The molecule has 0 unspecified atom stereocenters. The summed E-state index contributed by atoms with van der Waals surface area (Å²) in [6.45, 7) is -0.402. The van der Waals surface area contributed by atoms with Gasteiger partial charge in [0.1, 0.15) is 11.2 Å². The second-order valence-corrected chi connectivity index (χ2v) is 6.53. The van der Waals surface area contributed by atoms with Gasteiger partial charge < -0.3 is 14.5 Å². The monoisotopic (exact) mass is 396 g/mol.